The Morgan fingerprint density at radius 2 is 2.00 bits per heavy atom. The molecule has 0 saturated carbocycles. The van der Waals surface area contributed by atoms with Crippen molar-refractivity contribution in [2.24, 2.45) is 0 Å². The number of nitrogens with zero attached hydrogens (tertiary/aromatic N) is 1. The second-order valence-corrected chi connectivity index (χ2v) is 4.44. The lowest BCUT2D eigenvalue weighted by Crippen LogP contribution is -2.15. The maximum absolute atomic E-state index is 12.8. The molecule has 0 atom stereocenters. The van der Waals surface area contributed by atoms with Crippen LogP contribution in [0, 0.1) is 6.92 Å². The average molecular weight is 295 g/mol. The number of carbonyl (C=O) groups is 1. The molecule has 3 N–H and O–H groups in total. The van der Waals surface area contributed by atoms with Crippen LogP contribution in [0.15, 0.2) is 36.7 Å². The molecule has 0 unspecified atom stereocenters. The highest BCUT2D eigenvalue weighted by atomic mass is 19.4. The number of hydrogen-bond donors (Lipinski definition) is 2. The minimum absolute atomic E-state index is 0.0428. The average Bonchev–Trinajstić information content (AvgIpc) is 2.40. The van der Waals surface area contributed by atoms with Crippen molar-refractivity contribution in [2.45, 2.75) is 13.1 Å². The molecule has 0 aliphatic carbocycles. The Hall–Kier alpha value is -2.57. The Morgan fingerprint density at radius 1 is 1.29 bits per heavy atom. The van der Waals surface area contributed by atoms with Crippen molar-refractivity contribution in [1.29, 1.82) is 0 Å². The summed E-state index contributed by atoms with van der Waals surface area (Å²) in [4.78, 5) is 15.7. The van der Waals surface area contributed by atoms with E-state index < -0.39 is 17.6 Å². The number of nitrogen functional groups attached to an aromatic ring is 1. The van der Waals surface area contributed by atoms with Gasteiger partial charge in [0.15, 0.2) is 0 Å². The van der Waals surface area contributed by atoms with E-state index in [9.17, 15) is 18.0 Å². The molecular weight excluding hydrogens is 283 g/mol. The molecule has 0 bridgehead atoms. The number of anilines is 2. The summed E-state index contributed by atoms with van der Waals surface area (Å²) in [6.07, 6.45) is -1.80. The summed E-state index contributed by atoms with van der Waals surface area (Å²) in [6, 6.07) is 5.02. The van der Waals surface area contributed by atoms with Gasteiger partial charge in [0.05, 0.1) is 11.1 Å². The molecule has 1 heterocycles. The lowest BCUT2D eigenvalue weighted by molar-refractivity contribution is -0.138. The number of alkyl halides is 3. The molecule has 0 aliphatic rings. The largest absolute Gasteiger partial charge is 0.416 e. The van der Waals surface area contributed by atoms with Crippen LogP contribution >= 0.6 is 0 Å². The van der Waals surface area contributed by atoms with Crippen LogP contribution in [0.3, 0.4) is 0 Å². The molecule has 2 aromatic rings. The minimum Gasteiger partial charge on any atom is -0.398 e. The van der Waals surface area contributed by atoms with E-state index in [0.29, 0.717) is 0 Å². The first-order valence-corrected chi connectivity index (χ1v) is 5.97. The molecule has 0 spiro atoms. The maximum Gasteiger partial charge on any atom is 0.416 e. The third kappa shape index (κ3) is 3.31. The molecular formula is C14H12F3N3O. The number of pyridine rings is 1. The summed E-state index contributed by atoms with van der Waals surface area (Å²) in [6.45, 7) is 1.35. The zero-order chi connectivity index (χ0) is 15.6. The highest BCUT2D eigenvalue weighted by molar-refractivity contribution is 6.07. The van der Waals surface area contributed by atoms with E-state index in [1.54, 1.807) is 0 Å². The van der Waals surface area contributed by atoms with Crippen molar-refractivity contribution in [1.82, 2.24) is 4.98 Å². The van der Waals surface area contributed by atoms with Crippen LogP contribution in [0.2, 0.25) is 0 Å². The first-order valence-electron chi connectivity index (χ1n) is 5.97. The summed E-state index contributed by atoms with van der Waals surface area (Å²) in [5, 5.41) is 2.38. The first-order chi connectivity index (χ1) is 9.79. The Balaban J connectivity index is 2.29. The number of carbonyl (C=O) groups excluding carboxylic acids is 1. The molecule has 2 rings (SSSR count). The number of hydrogen-bond acceptors (Lipinski definition) is 3. The van der Waals surface area contributed by atoms with Gasteiger partial charge >= 0.3 is 6.18 Å². The van der Waals surface area contributed by atoms with Gasteiger partial charge in [0, 0.05) is 23.8 Å². The quantitative estimate of drug-likeness (QED) is 0.893. The van der Waals surface area contributed by atoms with E-state index in [2.05, 4.69) is 10.3 Å². The Bertz CT molecular complexity index is 683. The summed E-state index contributed by atoms with van der Waals surface area (Å²) < 4.78 is 38.4. The predicted octanol–water partition coefficient (Wildman–Crippen LogP) is 3.24. The van der Waals surface area contributed by atoms with Crippen LogP contribution < -0.4 is 11.1 Å². The molecule has 0 aliphatic heterocycles. The van der Waals surface area contributed by atoms with Crippen molar-refractivity contribution >= 4 is 17.3 Å². The van der Waals surface area contributed by atoms with Gasteiger partial charge in [-0.05, 0) is 30.7 Å². The normalized spacial score (nSPS) is 11.2. The molecule has 7 heteroatoms. The zero-order valence-corrected chi connectivity index (χ0v) is 11.0. The fourth-order valence-electron chi connectivity index (χ4n) is 1.80. The van der Waals surface area contributed by atoms with E-state index in [4.69, 9.17) is 5.73 Å². The van der Waals surface area contributed by atoms with Crippen molar-refractivity contribution in [3.8, 4) is 0 Å². The molecule has 110 valence electrons. The number of halogens is 3. The Labute approximate surface area is 118 Å². The molecule has 21 heavy (non-hydrogen) atoms. The highest BCUT2D eigenvalue weighted by Gasteiger charge is 2.32. The highest BCUT2D eigenvalue weighted by Crippen LogP contribution is 2.33. The lowest BCUT2D eigenvalue weighted by atomic mass is 10.1. The SMILES string of the molecule is Cc1ccc(NC(=O)c2cnccc2N)cc1C(F)(F)F. The van der Waals surface area contributed by atoms with E-state index in [0.717, 1.165) is 6.07 Å². The fraction of sp³-hybridized carbons (Fsp3) is 0.143. The van der Waals surface area contributed by atoms with Crippen LogP contribution in [-0.4, -0.2) is 10.9 Å². The van der Waals surface area contributed by atoms with Gasteiger partial charge in [-0.15, -0.1) is 0 Å². The van der Waals surface area contributed by atoms with Gasteiger partial charge in [-0.2, -0.15) is 13.2 Å². The Morgan fingerprint density at radius 3 is 2.62 bits per heavy atom. The monoisotopic (exact) mass is 295 g/mol. The van der Waals surface area contributed by atoms with Crippen LogP contribution in [0.25, 0.3) is 0 Å². The number of aryl methyl sites for hydroxylation is 1. The number of aromatic nitrogens is 1. The number of nitrogens with two attached hydrogens (primary N) is 1. The topological polar surface area (TPSA) is 68.0 Å². The van der Waals surface area contributed by atoms with E-state index in [-0.39, 0.29) is 22.5 Å². The molecule has 4 nitrogen and oxygen atoms in total. The van der Waals surface area contributed by atoms with Gasteiger partial charge in [-0.25, -0.2) is 0 Å². The molecule has 1 amide bonds. The number of nitrogens with one attached hydrogen (secondary N) is 1. The van der Waals surface area contributed by atoms with Gasteiger partial charge in [-0.3, -0.25) is 9.78 Å². The number of amides is 1. The second kappa shape index (κ2) is 5.43. The summed E-state index contributed by atoms with van der Waals surface area (Å²) in [7, 11) is 0. The maximum atomic E-state index is 12.8. The van der Waals surface area contributed by atoms with Crippen LogP contribution in [0.4, 0.5) is 24.5 Å². The minimum atomic E-state index is -4.47. The third-order valence-corrected chi connectivity index (χ3v) is 2.90. The van der Waals surface area contributed by atoms with Crippen LogP contribution in [0.1, 0.15) is 21.5 Å². The summed E-state index contributed by atoms with van der Waals surface area (Å²) in [5.74, 6) is -0.613. The van der Waals surface area contributed by atoms with Gasteiger partial charge in [-0.1, -0.05) is 6.07 Å². The molecule has 0 saturated heterocycles. The second-order valence-electron chi connectivity index (χ2n) is 4.44. The van der Waals surface area contributed by atoms with Crippen molar-refractivity contribution < 1.29 is 18.0 Å². The van der Waals surface area contributed by atoms with E-state index >= 15 is 0 Å². The lowest BCUT2D eigenvalue weighted by Gasteiger charge is -2.13. The summed E-state index contributed by atoms with van der Waals surface area (Å²) >= 11 is 0. The van der Waals surface area contributed by atoms with Gasteiger partial charge in [0.2, 0.25) is 0 Å². The standard InChI is InChI=1S/C14H12F3N3O/c1-8-2-3-9(6-11(8)14(15,16)17)20-13(21)10-7-19-5-4-12(10)18/h2-7H,1H3,(H2,18,19)(H,20,21). The Kier molecular flexibility index (Phi) is 3.84. The zero-order valence-electron chi connectivity index (χ0n) is 11.0. The molecule has 0 radical (unpaired) electrons. The smallest absolute Gasteiger partial charge is 0.398 e. The van der Waals surface area contributed by atoms with Crippen molar-refractivity contribution in [3.63, 3.8) is 0 Å². The molecule has 0 fully saturated rings. The molecule has 1 aromatic heterocycles. The fourth-order valence-corrected chi connectivity index (χ4v) is 1.80. The van der Waals surface area contributed by atoms with Crippen LogP contribution in [0.5, 0.6) is 0 Å². The van der Waals surface area contributed by atoms with Gasteiger partial charge < -0.3 is 11.1 Å². The van der Waals surface area contributed by atoms with Crippen molar-refractivity contribution in [3.05, 3.63) is 53.3 Å². The first kappa shape index (κ1) is 14.8. The van der Waals surface area contributed by atoms with Gasteiger partial charge in [0.1, 0.15) is 0 Å². The molecule has 1 aromatic carbocycles. The van der Waals surface area contributed by atoms with Gasteiger partial charge in [0.25, 0.3) is 5.91 Å². The van der Waals surface area contributed by atoms with Crippen LogP contribution in [-0.2, 0) is 6.18 Å². The number of rotatable bonds is 2. The predicted molar refractivity (Wildman–Crippen MR) is 72.8 cm³/mol. The van der Waals surface area contributed by atoms with E-state index in [1.165, 1.54) is 37.5 Å². The number of benzene rings is 1. The van der Waals surface area contributed by atoms with Crippen molar-refractivity contribution in [2.75, 3.05) is 11.1 Å². The summed E-state index contributed by atoms with van der Waals surface area (Å²) in [5.41, 5.74) is 5.26. The van der Waals surface area contributed by atoms with E-state index in [1.807, 2.05) is 0 Å². The third-order valence-electron chi connectivity index (χ3n) is 2.90.